The summed E-state index contributed by atoms with van der Waals surface area (Å²) < 4.78 is 0. The molecule has 1 aliphatic heterocycles. The van der Waals surface area contributed by atoms with Crippen molar-refractivity contribution in [3.05, 3.63) is 29.6 Å². The van der Waals surface area contributed by atoms with E-state index in [1.165, 1.54) is 24.0 Å². The van der Waals surface area contributed by atoms with Gasteiger partial charge in [0.25, 0.3) is 0 Å². The van der Waals surface area contributed by atoms with E-state index in [1.807, 2.05) is 12.4 Å². The third kappa shape index (κ3) is 3.03. The van der Waals surface area contributed by atoms with E-state index in [4.69, 9.17) is 0 Å². The second kappa shape index (κ2) is 5.41. The van der Waals surface area contributed by atoms with Crippen LogP contribution in [0.5, 0.6) is 0 Å². The Kier molecular flexibility index (Phi) is 3.91. The van der Waals surface area contributed by atoms with Gasteiger partial charge in [-0.2, -0.15) is 0 Å². The molecule has 16 heavy (non-hydrogen) atoms. The molecule has 0 bridgehead atoms. The first-order chi connectivity index (χ1) is 7.75. The zero-order chi connectivity index (χ0) is 11.4. The lowest BCUT2D eigenvalue weighted by atomic mass is 9.91. The molecule has 1 saturated heterocycles. The molecule has 2 heterocycles. The van der Waals surface area contributed by atoms with E-state index in [0.717, 1.165) is 19.6 Å². The van der Waals surface area contributed by atoms with Gasteiger partial charge in [-0.25, -0.2) is 0 Å². The third-order valence-electron chi connectivity index (χ3n) is 3.13. The normalized spacial score (nSPS) is 17.9. The Balaban J connectivity index is 2.08. The monoisotopic (exact) mass is 219 g/mol. The minimum absolute atomic E-state index is 0.705. The smallest absolute Gasteiger partial charge is 0.0313 e. The summed E-state index contributed by atoms with van der Waals surface area (Å²) in [7, 11) is 4.19. The van der Waals surface area contributed by atoms with Gasteiger partial charge in [0.05, 0.1) is 0 Å². The molecule has 3 heteroatoms. The second-order valence-electron chi connectivity index (χ2n) is 4.89. The van der Waals surface area contributed by atoms with Gasteiger partial charge >= 0.3 is 0 Å². The molecule has 0 radical (unpaired) electrons. The van der Waals surface area contributed by atoms with Crippen LogP contribution < -0.4 is 5.32 Å². The van der Waals surface area contributed by atoms with Gasteiger partial charge in [0, 0.05) is 18.9 Å². The van der Waals surface area contributed by atoms with E-state index in [-0.39, 0.29) is 0 Å². The van der Waals surface area contributed by atoms with Crippen LogP contribution in [0.25, 0.3) is 0 Å². The van der Waals surface area contributed by atoms with Crippen molar-refractivity contribution in [3.63, 3.8) is 0 Å². The molecular formula is C13H21N3. The minimum Gasteiger partial charge on any atom is -0.317 e. The van der Waals surface area contributed by atoms with Crippen LogP contribution >= 0.6 is 0 Å². The third-order valence-corrected chi connectivity index (χ3v) is 3.13. The summed E-state index contributed by atoms with van der Waals surface area (Å²) in [6, 6.07) is 2.32. The first kappa shape index (κ1) is 11.6. The fraction of sp³-hybridized carbons (Fsp3) is 0.615. The Morgan fingerprint density at radius 3 is 2.75 bits per heavy atom. The molecule has 1 aromatic rings. The lowest BCUT2D eigenvalue weighted by molar-refractivity contribution is 0.401. The largest absolute Gasteiger partial charge is 0.317 e. The van der Waals surface area contributed by atoms with E-state index in [2.05, 4.69) is 35.4 Å². The molecule has 0 aliphatic carbocycles. The van der Waals surface area contributed by atoms with E-state index >= 15 is 0 Å². The van der Waals surface area contributed by atoms with Crippen LogP contribution in [0.3, 0.4) is 0 Å². The number of nitrogens with zero attached hydrogens (tertiary/aromatic N) is 2. The molecular weight excluding hydrogens is 198 g/mol. The van der Waals surface area contributed by atoms with Crippen molar-refractivity contribution in [3.8, 4) is 0 Å². The van der Waals surface area contributed by atoms with Gasteiger partial charge in [0.15, 0.2) is 0 Å². The molecule has 1 fully saturated rings. The topological polar surface area (TPSA) is 28.2 Å². The molecule has 0 saturated carbocycles. The van der Waals surface area contributed by atoms with Crippen LogP contribution in [-0.4, -0.2) is 37.1 Å². The van der Waals surface area contributed by atoms with Gasteiger partial charge in [-0.1, -0.05) is 6.07 Å². The molecule has 1 aromatic heterocycles. The van der Waals surface area contributed by atoms with E-state index in [1.54, 1.807) is 0 Å². The molecule has 1 N–H and O–H groups in total. The number of hydrogen-bond acceptors (Lipinski definition) is 3. The number of nitrogens with one attached hydrogen (secondary N) is 1. The SMILES string of the molecule is CN(C)Cc1cncc(C2CCNCC2)c1. The van der Waals surface area contributed by atoms with Crippen molar-refractivity contribution >= 4 is 0 Å². The summed E-state index contributed by atoms with van der Waals surface area (Å²) in [4.78, 5) is 6.55. The van der Waals surface area contributed by atoms with Gasteiger partial charge in [-0.3, -0.25) is 4.98 Å². The predicted molar refractivity (Wildman–Crippen MR) is 66.5 cm³/mol. The van der Waals surface area contributed by atoms with Crippen LogP contribution in [0, 0.1) is 0 Å². The van der Waals surface area contributed by atoms with Crippen molar-refractivity contribution in [2.75, 3.05) is 27.2 Å². The lowest BCUT2D eigenvalue weighted by Crippen LogP contribution is -2.26. The Morgan fingerprint density at radius 1 is 1.31 bits per heavy atom. The summed E-state index contributed by atoms with van der Waals surface area (Å²) in [5, 5.41) is 3.40. The van der Waals surface area contributed by atoms with Gasteiger partial charge in [0.1, 0.15) is 0 Å². The van der Waals surface area contributed by atoms with E-state index in [0.29, 0.717) is 5.92 Å². The van der Waals surface area contributed by atoms with Gasteiger partial charge < -0.3 is 10.2 Å². The highest BCUT2D eigenvalue weighted by molar-refractivity contribution is 5.22. The van der Waals surface area contributed by atoms with Crippen LogP contribution in [0.4, 0.5) is 0 Å². The standard InChI is InChI=1S/C13H21N3/c1-16(2)10-11-7-13(9-15-8-11)12-3-5-14-6-4-12/h7-9,12,14H,3-6,10H2,1-2H3. The molecule has 3 nitrogen and oxygen atoms in total. The molecule has 0 spiro atoms. The summed E-state index contributed by atoms with van der Waals surface area (Å²) in [6.45, 7) is 3.26. The maximum absolute atomic E-state index is 4.37. The molecule has 0 atom stereocenters. The Bertz CT molecular complexity index is 330. The quantitative estimate of drug-likeness (QED) is 0.837. The van der Waals surface area contributed by atoms with Crippen molar-refractivity contribution < 1.29 is 0 Å². The summed E-state index contributed by atoms with van der Waals surface area (Å²) in [6.07, 6.45) is 6.50. The Labute approximate surface area is 97.9 Å². The van der Waals surface area contributed by atoms with Crippen molar-refractivity contribution in [2.45, 2.75) is 25.3 Å². The van der Waals surface area contributed by atoms with Crippen LogP contribution in [0.15, 0.2) is 18.5 Å². The van der Waals surface area contributed by atoms with E-state index in [9.17, 15) is 0 Å². The van der Waals surface area contributed by atoms with E-state index < -0.39 is 0 Å². The van der Waals surface area contributed by atoms with Crippen LogP contribution in [0.2, 0.25) is 0 Å². The summed E-state index contributed by atoms with van der Waals surface area (Å²) in [5.41, 5.74) is 2.74. The number of piperidine rings is 1. The van der Waals surface area contributed by atoms with Crippen molar-refractivity contribution in [2.24, 2.45) is 0 Å². The highest BCUT2D eigenvalue weighted by Gasteiger charge is 2.15. The number of rotatable bonds is 3. The fourth-order valence-electron chi connectivity index (χ4n) is 2.34. The molecule has 2 rings (SSSR count). The molecule has 0 aromatic carbocycles. The Hall–Kier alpha value is -0.930. The van der Waals surface area contributed by atoms with Gasteiger partial charge in [0.2, 0.25) is 0 Å². The van der Waals surface area contributed by atoms with Crippen LogP contribution in [0.1, 0.15) is 29.9 Å². The first-order valence-corrected chi connectivity index (χ1v) is 6.05. The molecule has 0 amide bonds. The number of pyridine rings is 1. The average Bonchev–Trinajstić information content (AvgIpc) is 2.30. The number of hydrogen-bond donors (Lipinski definition) is 1. The second-order valence-corrected chi connectivity index (χ2v) is 4.89. The summed E-state index contributed by atoms with van der Waals surface area (Å²) in [5.74, 6) is 0.705. The maximum Gasteiger partial charge on any atom is 0.0313 e. The Morgan fingerprint density at radius 2 is 2.06 bits per heavy atom. The summed E-state index contributed by atoms with van der Waals surface area (Å²) >= 11 is 0. The fourth-order valence-corrected chi connectivity index (χ4v) is 2.34. The van der Waals surface area contributed by atoms with Crippen molar-refractivity contribution in [1.82, 2.24) is 15.2 Å². The highest BCUT2D eigenvalue weighted by atomic mass is 15.0. The first-order valence-electron chi connectivity index (χ1n) is 6.05. The van der Waals surface area contributed by atoms with Crippen molar-refractivity contribution in [1.29, 1.82) is 0 Å². The maximum atomic E-state index is 4.37. The van der Waals surface area contributed by atoms with Crippen LogP contribution in [-0.2, 0) is 6.54 Å². The molecule has 1 aliphatic rings. The van der Waals surface area contributed by atoms with Gasteiger partial charge in [-0.05, 0) is 57.1 Å². The zero-order valence-electron chi connectivity index (χ0n) is 10.2. The lowest BCUT2D eigenvalue weighted by Gasteiger charge is -2.23. The minimum atomic E-state index is 0.705. The van der Waals surface area contributed by atoms with Gasteiger partial charge in [-0.15, -0.1) is 0 Å². The molecule has 0 unspecified atom stereocenters. The predicted octanol–water partition coefficient (Wildman–Crippen LogP) is 1.61. The molecule has 88 valence electrons. The highest BCUT2D eigenvalue weighted by Crippen LogP contribution is 2.25. The zero-order valence-corrected chi connectivity index (χ0v) is 10.2. The number of aromatic nitrogens is 1. The average molecular weight is 219 g/mol.